The fourth-order valence-electron chi connectivity index (χ4n) is 2.73. The van der Waals surface area contributed by atoms with E-state index in [1.807, 2.05) is 0 Å². The van der Waals surface area contributed by atoms with Gasteiger partial charge in [0.25, 0.3) is 0 Å². The van der Waals surface area contributed by atoms with Crippen molar-refractivity contribution in [2.75, 3.05) is 14.2 Å². The molecular formula is C20H16FNO4. The Hall–Kier alpha value is -3.41. The number of nitrogens with zero attached hydrogens (tertiary/aromatic N) is 1. The number of phenolic OH excluding ortho intramolecular Hbond substituents is 1. The molecule has 0 aliphatic rings. The summed E-state index contributed by atoms with van der Waals surface area (Å²) in [6.07, 6.45) is 0.598. The molecule has 3 aromatic rings. The zero-order valence-corrected chi connectivity index (χ0v) is 14.2. The first-order valence-electron chi connectivity index (χ1n) is 7.75. The minimum atomic E-state index is -0.427. The maximum atomic E-state index is 13.7. The van der Waals surface area contributed by atoms with Crippen LogP contribution in [0.25, 0.3) is 22.4 Å². The maximum Gasteiger partial charge on any atom is 0.168 e. The molecule has 0 bridgehead atoms. The number of pyridine rings is 1. The molecule has 1 N–H and O–H groups in total. The van der Waals surface area contributed by atoms with E-state index in [1.165, 1.54) is 38.5 Å². The number of benzene rings is 2. The molecule has 0 aliphatic carbocycles. The number of phenols is 1. The molecule has 5 nitrogen and oxygen atoms in total. The van der Waals surface area contributed by atoms with Gasteiger partial charge in [0.1, 0.15) is 17.3 Å². The minimum absolute atomic E-state index is 0.0586. The van der Waals surface area contributed by atoms with Gasteiger partial charge in [0, 0.05) is 11.6 Å². The third-order valence-corrected chi connectivity index (χ3v) is 3.91. The Morgan fingerprint density at radius 1 is 1.00 bits per heavy atom. The summed E-state index contributed by atoms with van der Waals surface area (Å²) < 4.78 is 24.2. The molecule has 0 fully saturated rings. The smallest absolute Gasteiger partial charge is 0.168 e. The summed E-state index contributed by atoms with van der Waals surface area (Å²) in [6.45, 7) is 0. The first-order valence-corrected chi connectivity index (χ1v) is 7.75. The third kappa shape index (κ3) is 3.21. The average Bonchev–Trinajstić information content (AvgIpc) is 2.66. The Labute approximate surface area is 149 Å². The van der Waals surface area contributed by atoms with Crippen LogP contribution in [0.2, 0.25) is 0 Å². The number of hydrogen-bond acceptors (Lipinski definition) is 5. The SMILES string of the molecule is COc1ccc(-c2c(OC)cc(C=O)nc2-c2cccc(F)c2)cc1O. The van der Waals surface area contributed by atoms with E-state index in [2.05, 4.69) is 4.98 Å². The van der Waals surface area contributed by atoms with E-state index in [1.54, 1.807) is 24.3 Å². The fraction of sp³-hybridized carbons (Fsp3) is 0.100. The first kappa shape index (κ1) is 17.4. The van der Waals surface area contributed by atoms with Gasteiger partial charge in [0.2, 0.25) is 0 Å². The Kier molecular flexibility index (Phi) is 4.84. The lowest BCUT2D eigenvalue weighted by atomic mass is 9.97. The second kappa shape index (κ2) is 7.23. The van der Waals surface area contributed by atoms with Crippen molar-refractivity contribution in [3.63, 3.8) is 0 Å². The van der Waals surface area contributed by atoms with E-state index < -0.39 is 5.82 Å². The van der Waals surface area contributed by atoms with Crippen molar-refractivity contribution >= 4 is 6.29 Å². The molecule has 132 valence electrons. The molecule has 0 amide bonds. The fourth-order valence-corrected chi connectivity index (χ4v) is 2.73. The van der Waals surface area contributed by atoms with Crippen molar-refractivity contribution in [3.8, 4) is 39.6 Å². The van der Waals surface area contributed by atoms with Crippen LogP contribution in [0.1, 0.15) is 10.5 Å². The van der Waals surface area contributed by atoms with Crippen molar-refractivity contribution in [1.82, 2.24) is 4.98 Å². The zero-order valence-electron chi connectivity index (χ0n) is 14.2. The molecule has 0 spiro atoms. The predicted molar refractivity (Wildman–Crippen MR) is 95.2 cm³/mol. The highest BCUT2D eigenvalue weighted by atomic mass is 19.1. The molecule has 0 saturated heterocycles. The lowest BCUT2D eigenvalue weighted by Gasteiger charge is -2.15. The molecule has 0 saturated carbocycles. The molecule has 2 aromatic carbocycles. The number of ether oxygens (including phenoxy) is 2. The van der Waals surface area contributed by atoms with Gasteiger partial charge >= 0.3 is 0 Å². The minimum Gasteiger partial charge on any atom is -0.504 e. The van der Waals surface area contributed by atoms with Crippen molar-refractivity contribution in [2.24, 2.45) is 0 Å². The highest BCUT2D eigenvalue weighted by Crippen LogP contribution is 2.41. The van der Waals surface area contributed by atoms with E-state index in [0.29, 0.717) is 40.2 Å². The van der Waals surface area contributed by atoms with Gasteiger partial charge in [-0.25, -0.2) is 9.37 Å². The van der Waals surface area contributed by atoms with Gasteiger partial charge in [-0.1, -0.05) is 18.2 Å². The van der Waals surface area contributed by atoms with Gasteiger partial charge in [0.15, 0.2) is 17.8 Å². The summed E-state index contributed by atoms with van der Waals surface area (Å²) in [5, 5.41) is 10.1. The Morgan fingerprint density at radius 2 is 1.77 bits per heavy atom. The number of carbonyl (C=O) groups excluding carboxylic acids is 1. The topological polar surface area (TPSA) is 68.7 Å². The third-order valence-electron chi connectivity index (χ3n) is 3.91. The molecule has 0 aliphatic heterocycles. The van der Waals surface area contributed by atoms with Crippen LogP contribution in [0.5, 0.6) is 17.2 Å². The number of aromatic nitrogens is 1. The van der Waals surface area contributed by atoms with Crippen LogP contribution in [-0.4, -0.2) is 30.6 Å². The van der Waals surface area contributed by atoms with Gasteiger partial charge in [-0.05, 0) is 29.8 Å². The molecule has 1 heterocycles. The van der Waals surface area contributed by atoms with Crippen LogP contribution in [-0.2, 0) is 0 Å². The molecular weight excluding hydrogens is 337 g/mol. The summed E-state index contributed by atoms with van der Waals surface area (Å²) in [4.78, 5) is 15.6. The van der Waals surface area contributed by atoms with Crippen molar-refractivity contribution in [1.29, 1.82) is 0 Å². The van der Waals surface area contributed by atoms with Crippen LogP contribution >= 0.6 is 0 Å². The molecule has 0 unspecified atom stereocenters. The number of aromatic hydroxyl groups is 1. The molecule has 26 heavy (non-hydrogen) atoms. The molecule has 6 heteroatoms. The first-order chi connectivity index (χ1) is 12.6. The number of rotatable bonds is 5. The normalized spacial score (nSPS) is 10.4. The van der Waals surface area contributed by atoms with Crippen LogP contribution in [0, 0.1) is 5.82 Å². The van der Waals surface area contributed by atoms with E-state index in [-0.39, 0.29) is 11.4 Å². The molecule has 3 rings (SSSR count). The summed E-state index contributed by atoms with van der Waals surface area (Å²) in [6, 6.07) is 12.2. The summed E-state index contributed by atoms with van der Waals surface area (Å²) >= 11 is 0. The highest BCUT2D eigenvalue weighted by molar-refractivity contribution is 5.89. The average molecular weight is 353 g/mol. The van der Waals surface area contributed by atoms with E-state index in [9.17, 15) is 14.3 Å². The number of methoxy groups -OCH3 is 2. The monoisotopic (exact) mass is 353 g/mol. The van der Waals surface area contributed by atoms with E-state index in [4.69, 9.17) is 9.47 Å². The highest BCUT2D eigenvalue weighted by Gasteiger charge is 2.18. The lowest BCUT2D eigenvalue weighted by molar-refractivity contribution is 0.111. The van der Waals surface area contributed by atoms with Gasteiger partial charge in [0.05, 0.1) is 25.5 Å². The molecule has 1 aromatic heterocycles. The van der Waals surface area contributed by atoms with E-state index in [0.717, 1.165) is 0 Å². The van der Waals surface area contributed by atoms with Crippen molar-refractivity contribution < 1.29 is 23.8 Å². The van der Waals surface area contributed by atoms with Crippen LogP contribution < -0.4 is 9.47 Å². The molecule has 0 radical (unpaired) electrons. The zero-order chi connectivity index (χ0) is 18.7. The Bertz CT molecular complexity index is 972. The van der Waals surface area contributed by atoms with Crippen molar-refractivity contribution in [3.05, 3.63) is 60.0 Å². The predicted octanol–water partition coefficient (Wildman–Crippen LogP) is 4.09. The number of carbonyl (C=O) groups is 1. The van der Waals surface area contributed by atoms with Crippen LogP contribution in [0.3, 0.4) is 0 Å². The second-order valence-corrected chi connectivity index (χ2v) is 5.49. The second-order valence-electron chi connectivity index (χ2n) is 5.49. The van der Waals surface area contributed by atoms with Crippen molar-refractivity contribution in [2.45, 2.75) is 0 Å². The number of aldehydes is 1. The Balaban J connectivity index is 2.32. The summed E-state index contributed by atoms with van der Waals surface area (Å²) in [5.74, 6) is 0.212. The Morgan fingerprint density at radius 3 is 2.38 bits per heavy atom. The van der Waals surface area contributed by atoms with Gasteiger partial charge in [-0.15, -0.1) is 0 Å². The summed E-state index contributed by atoms with van der Waals surface area (Å²) in [7, 11) is 2.92. The summed E-state index contributed by atoms with van der Waals surface area (Å²) in [5.41, 5.74) is 2.13. The largest absolute Gasteiger partial charge is 0.504 e. The quantitative estimate of drug-likeness (QED) is 0.700. The number of hydrogen-bond donors (Lipinski definition) is 1. The lowest BCUT2D eigenvalue weighted by Crippen LogP contribution is -1.99. The van der Waals surface area contributed by atoms with Crippen LogP contribution in [0.4, 0.5) is 4.39 Å². The van der Waals surface area contributed by atoms with Gasteiger partial charge in [-0.2, -0.15) is 0 Å². The van der Waals surface area contributed by atoms with Crippen LogP contribution in [0.15, 0.2) is 48.5 Å². The number of halogens is 1. The molecule has 0 atom stereocenters. The maximum absolute atomic E-state index is 13.7. The van der Waals surface area contributed by atoms with E-state index >= 15 is 0 Å². The standard InChI is InChI=1S/C20H16FNO4/c1-25-17-7-6-12(9-16(17)24)19-18(26-2)10-15(11-23)22-20(19)13-4-3-5-14(21)8-13/h3-11,24H,1-2H3. The van der Waals surface area contributed by atoms with Gasteiger partial charge < -0.3 is 14.6 Å². The van der Waals surface area contributed by atoms with Gasteiger partial charge in [-0.3, -0.25) is 4.79 Å².